The molecular formula is C33H21Cl2FN2O5S. The molecule has 7 nitrogen and oxygen atoms in total. The molecule has 0 amide bonds. The van der Waals surface area contributed by atoms with E-state index in [2.05, 4.69) is 6.07 Å². The normalized spacial score (nSPS) is 14.0. The fourth-order valence-electron chi connectivity index (χ4n) is 4.92. The summed E-state index contributed by atoms with van der Waals surface area (Å²) in [5, 5.41) is 11.2. The molecule has 0 bridgehead atoms. The van der Waals surface area contributed by atoms with E-state index in [0.29, 0.717) is 38.8 Å². The molecule has 0 saturated carbocycles. The van der Waals surface area contributed by atoms with Gasteiger partial charge in [-0.15, -0.1) is 11.3 Å². The molecule has 5 aromatic rings. The fraction of sp³-hybridized carbons (Fsp3) is 0.0909. The summed E-state index contributed by atoms with van der Waals surface area (Å²) in [6.45, 7) is 0.202. The average molecular weight is 648 g/mol. The minimum absolute atomic E-state index is 0.0775. The molecule has 0 saturated heterocycles. The van der Waals surface area contributed by atoms with Crippen molar-refractivity contribution in [2.45, 2.75) is 12.5 Å². The third kappa shape index (κ3) is 5.51. The smallest absolute Gasteiger partial charge is 0.355 e. The zero-order chi connectivity index (χ0) is 31.0. The summed E-state index contributed by atoms with van der Waals surface area (Å²) < 4.78 is 37.0. The van der Waals surface area contributed by atoms with Crippen molar-refractivity contribution in [3.05, 3.63) is 128 Å². The number of nitriles is 1. The summed E-state index contributed by atoms with van der Waals surface area (Å²) in [7, 11) is 1.51. The van der Waals surface area contributed by atoms with Gasteiger partial charge in [-0.2, -0.15) is 5.26 Å². The average Bonchev–Trinajstić information content (AvgIpc) is 3.37. The maximum absolute atomic E-state index is 13.3. The Labute approximate surface area is 265 Å². The van der Waals surface area contributed by atoms with Gasteiger partial charge in [0.2, 0.25) is 5.88 Å². The van der Waals surface area contributed by atoms with Crippen LogP contribution in [0.3, 0.4) is 0 Å². The van der Waals surface area contributed by atoms with Crippen molar-refractivity contribution >= 4 is 50.6 Å². The number of hydrogen-bond acceptors (Lipinski definition) is 8. The number of ether oxygens (including phenoxy) is 4. The number of esters is 1. The summed E-state index contributed by atoms with van der Waals surface area (Å²) in [5.41, 5.74) is 8.51. The van der Waals surface area contributed by atoms with Crippen molar-refractivity contribution < 1.29 is 28.1 Å². The minimum Gasteiger partial charge on any atom is -0.493 e. The molecule has 11 heteroatoms. The van der Waals surface area contributed by atoms with E-state index in [1.807, 2.05) is 6.07 Å². The van der Waals surface area contributed by atoms with E-state index in [0.717, 1.165) is 10.3 Å². The van der Waals surface area contributed by atoms with E-state index >= 15 is 0 Å². The lowest BCUT2D eigenvalue weighted by atomic mass is 9.83. The van der Waals surface area contributed by atoms with E-state index in [4.69, 9.17) is 47.9 Å². The number of rotatable bonds is 7. The number of nitrogens with zero attached hydrogens (tertiary/aromatic N) is 1. The fourth-order valence-corrected chi connectivity index (χ4v) is 6.75. The maximum atomic E-state index is 13.3. The summed E-state index contributed by atoms with van der Waals surface area (Å²) in [6, 6.07) is 23.6. The molecule has 2 heterocycles. The first-order valence-electron chi connectivity index (χ1n) is 13.1. The molecule has 4 aromatic carbocycles. The van der Waals surface area contributed by atoms with Crippen molar-refractivity contribution in [1.82, 2.24) is 0 Å². The zero-order valence-electron chi connectivity index (χ0n) is 22.9. The van der Waals surface area contributed by atoms with E-state index in [1.165, 1.54) is 36.6 Å². The zero-order valence-corrected chi connectivity index (χ0v) is 25.2. The quantitative estimate of drug-likeness (QED) is 0.140. The molecule has 1 aromatic heterocycles. The highest BCUT2D eigenvalue weighted by atomic mass is 35.5. The number of carbonyl (C=O) groups is 1. The first-order valence-corrected chi connectivity index (χ1v) is 14.7. The molecule has 0 fully saturated rings. The standard InChI is InChI=1S/C33H21Cl2FN2O5S/c1-40-26-13-18(7-12-24(26)41-16-17-5-8-19(36)9-6-17)28-21-11-10-20(14-25(21)43-32(38)22(28)15-37)42-33(39)31-30(35)29-23(34)3-2-4-27(29)44-31/h2-14,28H,16,38H2,1H3. The highest BCUT2D eigenvalue weighted by Crippen LogP contribution is 2.46. The van der Waals surface area contributed by atoms with Crippen LogP contribution >= 0.6 is 34.5 Å². The van der Waals surface area contributed by atoms with Crippen molar-refractivity contribution in [2.24, 2.45) is 5.73 Å². The number of methoxy groups -OCH3 is 1. The molecule has 1 atom stereocenters. The molecule has 0 spiro atoms. The SMILES string of the molecule is COc1cc(C2C(C#N)=C(N)Oc3cc(OC(=O)c4sc5cccc(Cl)c5c4Cl)ccc32)ccc1OCc1ccc(F)cc1. The molecule has 1 unspecified atom stereocenters. The number of thiophene rings is 1. The first kappa shape index (κ1) is 29.3. The van der Waals surface area contributed by atoms with Crippen LogP contribution in [0.25, 0.3) is 10.1 Å². The van der Waals surface area contributed by atoms with E-state index < -0.39 is 11.9 Å². The summed E-state index contributed by atoms with van der Waals surface area (Å²) >= 11 is 13.9. The van der Waals surface area contributed by atoms with Crippen LogP contribution in [0.15, 0.2) is 90.3 Å². The number of nitrogens with two attached hydrogens (primary N) is 1. The lowest BCUT2D eigenvalue weighted by Gasteiger charge is -2.27. The summed E-state index contributed by atoms with van der Waals surface area (Å²) in [5.74, 6) is -0.253. The second-order valence-electron chi connectivity index (χ2n) is 9.70. The second-order valence-corrected chi connectivity index (χ2v) is 11.5. The second kappa shape index (κ2) is 12.1. The van der Waals surface area contributed by atoms with Gasteiger partial charge in [0, 0.05) is 21.7 Å². The third-order valence-electron chi connectivity index (χ3n) is 7.02. The van der Waals surface area contributed by atoms with Gasteiger partial charge in [-0.05, 0) is 53.6 Å². The van der Waals surface area contributed by atoms with Gasteiger partial charge < -0.3 is 24.7 Å². The molecule has 0 aliphatic carbocycles. The van der Waals surface area contributed by atoms with Crippen LogP contribution in [0.1, 0.15) is 32.3 Å². The minimum atomic E-state index is -0.651. The van der Waals surface area contributed by atoms with Gasteiger partial charge >= 0.3 is 5.97 Å². The van der Waals surface area contributed by atoms with E-state index in [1.54, 1.807) is 54.6 Å². The Balaban J connectivity index is 1.28. The van der Waals surface area contributed by atoms with Crippen LogP contribution in [-0.4, -0.2) is 13.1 Å². The van der Waals surface area contributed by atoms with Gasteiger partial charge in [0.1, 0.15) is 40.4 Å². The van der Waals surface area contributed by atoms with Crippen molar-refractivity contribution in [1.29, 1.82) is 5.26 Å². The Morgan fingerprint density at radius 1 is 1.07 bits per heavy atom. The lowest BCUT2D eigenvalue weighted by Crippen LogP contribution is -2.21. The molecule has 0 radical (unpaired) electrons. The number of fused-ring (bicyclic) bond motifs is 2. The van der Waals surface area contributed by atoms with Gasteiger partial charge in [0.25, 0.3) is 0 Å². The molecule has 6 rings (SSSR count). The molecule has 2 N–H and O–H groups in total. The Kier molecular flexibility index (Phi) is 8.06. The van der Waals surface area contributed by atoms with Crippen LogP contribution in [0, 0.1) is 17.1 Å². The highest BCUT2D eigenvalue weighted by molar-refractivity contribution is 7.21. The monoisotopic (exact) mass is 646 g/mol. The van der Waals surface area contributed by atoms with Crippen molar-refractivity contribution in [3.63, 3.8) is 0 Å². The lowest BCUT2D eigenvalue weighted by molar-refractivity contribution is 0.0740. The van der Waals surface area contributed by atoms with Crippen LogP contribution in [-0.2, 0) is 6.61 Å². The van der Waals surface area contributed by atoms with Crippen molar-refractivity contribution in [2.75, 3.05) is 7.11 Å². The number of halogens is 3. The van der Waals surface area contributed by atoms with Gasteiger partial charge in [-0.3, -0.25) is 0 Å². The van der Waals surface area contributed by atoms with Gasteiger partial charge in [0.05, 0.1) is 23.1 Å². The van der Waals surface area contributed by atoms with Gasteiger partial charge in [-0.1, -0.05) is 53.5 Å². The predicted octanol–water partition coefficient (Wildman–Crippen LogP) is 8.37. The molecular weight excluding hydrogens is 626 g/mol. The predicted molar refractivity (Wildman–Crippen MR) is 166 cm³/mol. The van der Waals surface area contributed by atoms with Crippen LogP contribution in [0.4, 0.5) is 4.39 Å². The van der Waals surface area contributed by atoms with Crippen LogP contribution < -0.4 is 24.7 Å². The molecule has 220 valence electrons. The Bertz CT molecular complexity index is 2000. The number of hydrogen-bond donors (Lipinski definition) is 1. The van der Waals surface area contributed by atoms with Gasteiger partial charge in [0.15, 0.2) is 11.5 Å². The summed E-state index contributed by atoms with van der Waals surface area (Å²) in [6.07, 6.45) is 0. The topological polar surface area (TPSA) is 104 Å². The largest absolute Gasteiger partial charge is 0.493 e. The third-order valence-corrected chi connectivity index (χ3v) is 8.96. The van der Waals surface area contributed by atoms with Crippen LogP contribution in [0.2, 0.25) is 10.0 Å². The van der Waals surface area contributed by atoms with E-state index in [9.17, 15) is 14.4 Å². The Hall–Kier alpha value is -4.75. The molecule has 1 aliphatic heterocycles. The number of allylic oxidation sites excluding steroid dienone is 1. The van der Waals surface area contributed by atoms with E-state index in [-0.39, 0.29) is 39.5 Å². The summed E-state index contributed by atoms with van der Waals surface area (Å²) in [4.78, 5) is 13.3. The van der Waals surface area contributed by atoms with Crippen molar-refractivity contribution in [3.8, 4) is 29.1 Å². The Morgan fingerprint density at radius 3 is 2.59 bits per heavy atom. The first-order chi connectivity index (χ1) is 21.3. The van der Waals surface area contributed by atoms with Gasteiger partial charge in [-0.25, -0.2) is 9.18 Å². The highest BCUT2D eigenvalue weighted by Gasteiger charge is 2.32. The Morgan fingerprint density at radius 2 is 1.86 bits per heavy atom. The molecule has 44 heavy (non-hydrogen) atoms. The maximum Gasteiger partial charge on any atom is 0.355 e. The van der Waals surface area contributed by atoms with Crippen LogP contribution in [0.5, 0.6) is 23.0 Å². The molecule has 1 aliphatic rings. The number of benzene rings is 4. The number of carbonyl (C=O) groups excluding carboxylic acids is 1.